The molecule has 4 rings (SSSR count). The van der Waals surface area contributed by atoms with Gasteiger partial charge in [0.1, 0.15) is 17.2 Å². The summed E-state index contributed by atoms with van der Waals surface area (Å²) in [5, 5.41) is 3.45. The fourth-order valence-electron chi connectivity index (χ4n) is 3.42. The molecular formula is C25H20F3N3O5. The van der Waals surface area contributed by atoms with Gasteiger partial charge in [0.15, 0.2) is 0 Å². The molecule has 0 fully saturated rings. The summed E-state index contributed by atoms with van der Waals surface area (Å²) in [6.45, 7) is 2.02. The first-order valence-electron chi connectivity index (χ1n) is 10.7. The SMILES string of the molecule is CCOC(=O)c1cc2ccc(Oc3ccc(NC(=O)c4ccc(OC(F)(F)F)cc4)cn3)cc2n1C. The van der Waals surface area contributed by atoms with Crippen LogP contribution in [0.2, 0.25) is 0 Å². The Labute approximate surface area is 203 Å². The number of amides is 1. The lowest BCUT2D eigenvalue weighted by Crippen LogP contribution is -2.17. The first kappa shape index (κ1) is 24.6. The van der Waals surface area contributed by atoms with Gasteiger partial charge in [-0.15, -0.1) is 13.2 Å². The molecule has 8 nitrogen and oxygen atoms in total. The molecule has 1 amide bonds. The molecule has 0 aliphatic heterocycles. The van der Waals surface area contributed by atoms with Gasteiger partial charge in [-0.2, -0.15) is 0 Å². The van der Waals surface area contributed by atoms with E-state index in [1.807, 2.05) is 6.07 Å². The number of halogens is 3. The predicted octanol–water partition coefficient (Wildman–Crippen LogP) is 5.69. The minimum absolute atomic E-state index is 0.142. The topological polar surface area (TPSA) is 91.7 Å². The van der Waals surface area contributed by atoms with Crippen molar-refractivity contribution in [3.05, 3.63) is 78.1 Å². The molecule has 0 saturated heterocycles. The van der Waals surface area contributed by atoms with Crippen LogP contribution in [0.3, 0.4) is 0 Å². The molecule has 2 aromatic heterocycles. The normalized spacial score (nSPS) is 11.2. The van der Waals surface area contributed by atoms with Gasteiger partial charge in [-0.05, 0) is 55.5 Å². The van der Waals surface area contributed by atoms with Crippen LogP contribution in [0.1, 0.15) is 27.8 Å². The third-order valence-corrected chi connectivity index (χ3v) is 5.07. The minimum Gasteiger partial charge on any atom is -0.461 e. The number of ether oxygens (including phenoxy) is 3. The molecule has 2 aromatic carbocycles. The molecule has 0 spiro atoms. The molecule has 1 N–H and O–H groups in total. The number of nitrogens with one attached hydrogen (secondary N) is 1. The van der Waals surface area contributed by atoms with Crippen molar-refractivity contribution < 1.29 is 37.0 Å². The molecule has 0 aliphatic rings. The van der Waals surface area contributed by atoms with Crippen molar-refractivity contribution in [1.29, 1.82) is 0 Å². The number of aryl methyl sites for hydroxylation is 1. The zero-order valence-electron chi connectivity index (χ0n) is 19.1. The van der Waals surface area contributed by atoms with Crippen LogP contribution in [-0.4, -0.2) is 34.4 Å². The van der Waals surface area contributed by atoms with Gasteiger partial charge in [-0.25, -0.2) is 9.78 Å². The largest absolute Gasteiger partial charge is 0.573 e. The minimum atomic E-state index is -4.81. The Bertz CT molecular complexity index is 1400. The van der Waals surface area contributed by atoms with Gasteiger partial charge in [0.25, 0.3) is 5.91 Å². The summed E-state index contributed by atoms with van der Waals surface area (Å²) >= 11 is 0. The van der Waals surface area contributed by atoms with E-state index >= 15 is 0 Å². The van der Waals surface area contributed by atoms with Gasteiger partial charge < -0.3 is 24.1 Å². The zero-order chi connectivity index (χ0) is 25.9. The average molecular weight is 499 g/mol. The van der Waals surface area contributed by atoms with Crippen molar-refractivity contribution in [2.75, 3.05) is 11.9 Å². The van der Waals surface area contributed by atoms with Gasteiger partial charge in [0.2, 0.25) is 5.88 Å². The maximum absolute atomic E-state index is 12.4. The highest BCUT2D eigenvalue weighted by molar-refractivity contribution is 6.04. The second kappa shape index (κ2) is 9.98. The Kier molecular flexibility index (Phi) is 6.82. The van der Waals surface area contributed by atoms with E-state index < -0.39 is 24.0 Å². The van der Waals surface area contributed by atoms with Crippen molar-refractivity contribution >= 4 is 28.5 Å². The summed E-state index contributed by atoms with van der Waals surface area (Å²) in [7, 11) is 1.75. The highest BCUT2D eigenvalue weighted by Crippen LogP contribution is 2.28. The maximum Gasteiger partial charge on any atom is 0.573 e. The molecule has 186 valence electrons. The molecular weight excluding hydrogens is 479 g/mol. The summed E-state index contributed by atoms with van der Waals surface area (Å²) < 4.78 is 53.2. The van der Waals surface area contributed by atoms with Crippen molar-refractivity contribution in [3.8, 4) is 17.4 Å². The highest BCUT2D eigenvalue weighted by atomic mass is 19.4. The third-order valence-electron chi connectivity index (χ3n) is 5.07. The number of carbonyl (C=O) groups is 2. The average Bonchev–Trinajstić information content (AvgIpc) is 3.16. The number of aromatic nitrogens is 2. The van der Waals surface area contributed by atoms with Gasteiger partial charge >= 0.3 is 12.3 Å². The Hall–Kier alpha value is -4.54. The van der Waals surface area contributed by atoms with E-state index in [0.717, 1.165) is 23.0 Å². The number of benzene rings is 2. The summed E-state index contributed by atoms with van der Waals surface area (Å²) in [5.74, 6) is -0.614. The van der Waals surface area contributed by atoms with Gasteiger partial charge in [0, 0.05) is 30.1 Å². The molecule has 0 radical (unpaired) electrons. The lowest BCUT2D eigenvalue weighted by molar-refractivity contribution is -0.274. The van der Waals surface area contributed by atoms with Gasteiger partial charge in [-0.1, -0.05) is 0 Å². The first-order valence-corrected chi connectivity index (χ1v) is 10.7. The summed E-state index contributed by atoms with van der Waals surface area (Å²) in [6, 6.07) is 14.7. The molecule has 36 heavy (non-hydrogen) atoms. The number of nitrogens with zero attached hydrogens (tertiary/aromatic N) is 2. The van der Waals surface area contributed by atoms with Crippen molar-refractivity contribution in [2.45, 2.75) is 13.3 Å². The Balaban J connectivity index is 1.41. The monoisotopic (exact) mass is 499 g/mol. The molecule has 0 atom stereocenters. The van der Waals surface area contributed by atoms with Crippen molar-refractivity contribution in [2.24, 2.45) is 7.05 Å². The van der Waals surface area contributed by atoms with E-state index in [9.17, 15) is 22.8 Å². The van der Waals surface area contributed by atoms with Crippen LogP contribution in [0.5, 0.6) is 17.4 Å². The number of alkyl halides is 3. The maximum atomic E-state index is 12.4. The molecule has 11 heteroatoms. The summed E-state index contributed by atoms with van der Waals surface area (Å²) in [4.78, 5) is 28.7. The van der Waals surface area contributed by atoms with E-state index in [1.165, 1.54) is 18.3 Å². The Morgan fingerprint density at radius 2 is 1.72 bits per heavy atom. The van der Waals surface area contributed by atoms with Gasteiger partial charge in [0.05, 0.1) is 24.0 Å². The van der Waals surface area contributed by atoms with Crippen LogP contribution in [-0.2, 0) is 11.8 Å². The molecule has 0 aliphatic carbocycles. The number of esters is 1. The van der Waals surface area contributed by atoms with E-state index in [-0.39, 0.29) is 18.1 Å². The quantitative estimate of drug-likeness (QED) is 0.329. The second-order valence-corrected chi connectivity index (χ2v) is 7.54. The predicted molar refractivity (Wildman–Crippen MR) is 124 cm³/mol. The van der Waals surface area contributed by atoms with Crippen molar-refractivity contribution in [3.63, 3.8) is 0 Å². The van der Waals surface area contributed by atoms with E-state index in [4.69, 9.17) is 9.47 Å². The van der Waals surface area contributed by atoms with Crippen molar-refractivity contribution in [1.82, 2.24) is 9.55 Å². The lowest BCUT2D eigenvalue weighted by atomic mass is 10.2. The Morgan fingerprint density at radius 3 is 2.36 bits per heavy atom. The van der Waals surface area contributed by atoms with Crippen LogP contribution in [0, 0.1) is 0 Å². The number of pyridine rings is 1. The standard InChI is InChI=1S/C25H20F3N3O5/c1-3-34-24(33)21-12-16-6-10-19(13-20(16)31(21)2)35-22-11-7-17(14-29-22)30-23(32)15-4-8-18(9-5-15)36-25(26,27)28/h4-14H,3H2,1-2H3,(H,30,32). The molecule has 0 unspecified atom stereocenters. The number of hydrogen-bond acceptors (Lipinski definition) is 6. The number of fused-ring (bicyclic) bond motifs is 1. The van der Waals surface area contributed by atoms with Crippen LogP contribution < -0.4 is 14.8 Å². The number of carbonyl (C=O) groups excluding carboxylic acids is 2. The molecule has 4 aromatic rings. The number of hydrogen-bond donors (Lipinski definition) is 1. The lowest BCUT2D eigenvalue weighted by Gasteiger charge is -2.10. The van der Waals surface area contributed by atoms with Crippen LogP contribution >= 0.6 is 0 Å². The van der Waals surface area contributed by atoms with Crippen LogP contribution in [0.4, 0.5) is 18.9 Å². The van der Waals surface area contributed by atoms with E-state index in [1.54, 1.807) is 48.9 Å². The van der Waals surface area contributed by atoms with Gasteiger partial charge in [-0.3, -0.25) is 4.79 Å². The Morgan fingerprint density at radius 1 is 1.00 bits per heavy atom. The third kappa shape index (κ3) is 5.74. The van der Waals surface area contributed by atoms with Crippen LogP contribution in [0.15, 0.2) is 66.9 Å². The van der Waals surface area contributed by atoms with E-state index in [0.29, 0.717) is 17.1 Å². The van der Waals surface area contributed by atoms with Crippen LogP contribution in [0.25, 0.3) is 10.9 Å². The fourth-order valence-corrected chi connectivity index (χ4v) is 3.42. The molecule has 0 saturated carbocycles. The number of anilines is 1. The number of rotatable bonds is 7. The smallest absolute Gasteiger partial charge is 0.461 e. The molecule has 0 bridgehead atoms. The second-order valence-electron chi connectivity index (χ2n) is 7.54. The highest BCUT2D eigenvalue weighted by Gasteiger charge is 2.31. The summed E-state index contributed by atoms with van der Waals surface area (Å²) in [6.07, 6.45) is -3.42. The zero-order valence-corrected chi connectivity index (χ0v) is 19.1. The summed E-state index contributed by atoms with van der Waals surface area (Å²) in [5.41, 5.74) is 1.69. The molecule has 2 heterocycles. The fraction of sp³-hybridized carbons (Fsp3) is 0.160. The first-order chi connectivity index (χ1) is 17.1. The van der Waals surface area contributed by atoms with E-state index in [2.05, 4.69) is 15.0 Å².